The number of pyridine rings is 1. The van der Waals surface area contributed by atoms with E-state index in [9.17, 15) is 18.4 Å². The number of aromatic hydroxyl groups is 1. The number of carbonyl (C=O) groups is 1. The molecule has 0 spiro atoms. The summed E-state index contributed by atoms with van der Waals surface area (Å²) in [6.45, 7) is 6.69. The van der Waals surface area contributed by atoms with Crippen molar-refractivity contribution in [2.45, 2.75) is 31.1 Å². The van der Waals surface area contributed by atoms with Crippen LogP contribution in [-0.4, -0.2) is 60.3 Å². The van der Waals surface area contributed by atoms with E-state index < -0.39 is 32.3 Å². The maximum absolute atomic E-state index is 11.1. The van der Waals surface area contributed by atoms with Crippen LogP contribution >= 0.6 is 0 Å². The molecule has 0 amide bonds. The third kappa shape index (κ3) is 8.72. The van der Waals surface area contributed by atoms with Crippen LogP contribution in [0.15, 0.2) is 71.9 Å². The number of likely N-dealkylation sites (tertiary alicyclic amines) is 1. The lowest BCUT2D eigenvalue weighted by Gasteiger charge is -2.30. The Kier molecular flexibility index (Phi) is 10.1. The van der Waals surface area contributed by atoms with E-state index in [1.165, 1.54) is 38.3 Å². The Morgan fingerprint density at radius 3 is 2.37 bits per heavy atom. The summed E-state index contributed by atoms with van der Waals surface area (Å²) < 4.78 is 36.4. The fraction of sp³-hybridized carbons (Fsp3) is 0.333. The summed E-state index contributed by atoms with van der Waals surface area (Å²) in [5.41, 5.74) is 1.54. The van der Waals surface area contributed by atoms with Crippen molar-refractivity contribution in [3.8, 4) is 22.6 Å². The van der Waals surface area contributed by atoms with E-state index in [0.717, 1.165) is 59.2 Å². The maximum Gasteiger partial charge on any atom is 0.339 e. The van der Waals surface area contributed by atoms with E-state index in [1.807, 2.05) is 36.4 Å². The molecule has 2 aromatic carbocycles. The fourth-order valence-electron chi connectivity index (χ4n) is 4.16. The summed E-state index contributed by atoms with van der Waals surface area (Å²) >= 11 is 0. The molecule has 38 heavy (non-hydrogen) atoms. The van der Waals surface area contributed by atoms with Gasteiger partial charge in [0.2, 0.25) is 0 Å². The lowest BCUT2D eigenvalue weighted by molar-refractivity contribution is -0.605. The summed E-state index contributed by atoms with van der Waals surface area (Å²) in [5, 5.41) is 28.6. The van der Waals surface area contributed by atoms with Crippen molar-refractivity contribution in [1.29, 1.82) is 0 Å². The highest BCUT2D eigenvalue weighted by atomic mass is 32.2. The van der Waals surface area contributed by atoms with E-state index in [0.29, 0.717) is 6.07 Å². The number of hydrogen-bond donors (Lipinski definition) is 3. The van der Waals surface area contributed by atoms with Gasteiger partial charge >= 0.3 is 5.97 Å². The number of rotatable bonds is 8. The van der Waals surface area contributed by atoms with Crippen molar-refractivity contribution in [1.82, 2.24) is 4.90 Å². The predicted molar refractivity (Wildman–Crippen MR) is 141 cm³/mol. The van der Waals surface area contributed by atoms with Crippen molar-refractivity contribution in [2.75, 3.05) is 26.2 Å². The second-order valence-electron chi connectivity index (χ2n) is 9.18. The number of aromatic nitrogens is 1. The number of nitrogens with zero attached hydrogens (tertiary/aromatic N) is 2. The SMILES string of the molecule is CC1CCCN(CCCOc2ccc(-c3cc[n+]([O-])cc3)cc2)C1.O=C(O)c1cc(S(=O)(=O)O)ccc1O. The smallest absolute Gasteiger partial charge is 0.339 e. The number of hydrogen-bond acceptors (Lipinski definition) is 7. The number of aromatic carboxylic acids is 1. The van der Waals surface area contributed by atoms with Gasteiger partial charge in [-0.3, -0.25) is 4.55 Å². The molecule has 1 atom stereocenters. The number of ether oxygens (including phenoxy) is 1. The molecule has 1 fully saturated rings. The van der Waals surface area contributed by atoms with Gasteiger partial charge in [0.1, 0.15) is 17.1 Å². The van der Waals surface area contributed by atoms with Crippen LogP contribution in [0.4, 0.5) is 0 Å². The second kappa shape index (κ2) is 13.2. The third-order valence-corrected chi connectivity index (χ3v) is 6.96. The van der Waals surface area contributed by atoms with Gasteiger partial charge in [-0.05, 0) is 73.2 Å². The molecule has 11 heteroatoms. The molecule has 1 unspecified atom stereocenters. The molecule has 0 bridgehead atoms. The normalized spacial score (nSPS) is 15.8. The molecule has 2 heterocycles. The highest BCUT2D eigenvalue weighted by molar-refractivity contribution is 7.85. The number of benzene rings is 2. The topological polar surface area (TPSA) is 151 Å². The summed E-state index contributed by atoms with van der Waals surface area (Å²) in [4.78, 5) is 12.4. The van der Waals surface area contributed by atoms with Crippen molar-refractivity contribution in [2.24, 2.45) is 5.92 Å². The number of carboxylic acids is 1. The van der Waals surface area contributed by atoms with Crippen LogP contribution in [0.1, 0.15) is 36.5 Å². The second-order valence-corrected chi connectivity index (χ2v) is 10.6. The van der Waals surface area contributed by atoms with Gasteiger partial charge in [0, 0.05) is 25.2 Å². The van der Waals surface area contributed by atoms with Gasteiger partial charge in [-0.25, -0.2) is 4.79 Å². The molecule has 1 aliphatic rings. The van der Waals surface area contributed by atoms with Gasteiger partial charge in [-0.2, -0.15) is 13.1 Å². The minimum absolute atomic E-state index is 0.565. The highest BCUT2D eigenvalue weighted by Gasteiger charge is 2.16. The molecule has 0 radical (unpaired) electrons. The van der Waals surface area contributed by atoms with Crippen LogP contribution in [0.5, 0.6) is 11.5 Å². The van der Waals surface area contributed by atoms with Crippen LogP contribution in [0.2, 0.25) is 0 Å². The average molecular weight is 545 g/mol. The number of phenols is 1. The first-order valence-corrected chi connectivity index (χ1v) is 13.6. The van der Waals surface area contributed by atoms with Crippen molar-refractivity contribution in [3.05, 3.63) is 77.8 Å². The summed E-state index contributed by atoms with van der Waals surface area (Å²) in [5.74, 6) is -0.306. The Bertz CT molecular complexity index is 1310. The van der Waals surface area contributed by atoms with Crippen LogP contribution in [0, 0.1) is 11.1 Å². The minimum Gasteiger partial charge on any atom is -0.619 e. The highest BCUT2D eigenvalue weighted by Crippen LogP contribution is 2.22. The van der Waals surface area contributed by atoms with Gasteiger partial charge in [-0.15, -0.1) is 0 Å². The Balaban J connectivity index is 0.000000244. The lowest BCUT2D eigenvalue weighted by Crippen LogP contribution is -2.35. The Hall–Kier alpha value is -3.67. The van der Waals surface area contributed by atoms with E-state index in [-0.39, 0.29) is 0 Å². The quantitative estimate of drug-likeness (QED) is 0.166. The van der Waals surface area contributed by atoms with Crippen LogP contribution in [0.25, 0.3) is 11.1 Å². The molecule has 1 aliphatic heterocycles. The first kappa shape index (κ1) is 28.9. The Labute approximate surface area is 222 Å². The van der Waals surface area contributed by atoms with E-state index in [1.54, 1.807) is 0 Å². The van der Waals surface area contributed by atoms with Gasteiger partial charge in [0.15, 0.2) is 12.4 Å². The predicted octanol–water partition coefficient (Wildman–Crippen LogP) is 3.82. The van der Waals surface area contributed by atoms with Crippen molar-refractivity contribution < 1.29 is 37.4 Å². The summed E-state index contributed by atoms with van der Waals surface area (Å²) in [6, 6.07) is 14.2. The van der Waals surface area contributed by atoms with Gasteiger partial charge in [0.25, 0.3) is 10.1 Å². The van der Waals surface area contributed by atoms with Crippen molar-refractivity contribution in [3.63, 3.8) is 0 Å². The molecule has 10 nitrogen and oxygen atoms in total. The molecule has 204 valence electrons. The van der Waals surface area contributed by atoms with Crippen LogP contribution in [0.3, 0.4) is 0 Å². The van der Waals surface area contributed by atoms with Gasteiger partial charge in [0.05, 0.1) is 11.5 Å². The van der Waals surface area contributed by atoms with E-state index >= 15 is 0 Å². The molecule has 3 N–H and O–H groups in total. The average Bonchev–Trinajstić information content (AvgIpc) is 2.87. The Morgan fingerprint density at radius 1 is 1.11 bits per heavy atom. The van der Waals surface area contributed by atoms with E-state index in [4.69, 9.17) is 19.5 Å². The third-order valence-electron chi connectivity index (χ3n) is 6.11. The Morgan fingerprint density at radius 2 is 1.76 bits per heavy atom. The number of piperidine rings is 1. The molecular weight excluding hydrogens is 512 g/mol. The van der Waals surface area contributed by atoms with E-state index in [2.05, 4.69) is 11.8 Å². The lowest BCUT2D eigenvalue weighted by atomic mass is 10.0. The largest absolute Gasteiger partial charge is 0.619 e. The van der Waals surface area contributed by atoms with Crippen LogP contribution < -0.4 is 9.47 Å². The monoisotopic (exact) mass is 544 g/mol. The van der Waals surface area contributed by atoms with Crippen molar-refractivity contribution >= 4 is 16.1 Å². The first-order chi connectivity index (χ1) is 18.0. The van der Waals surface area contributed by atoms with Gasteiger partial charge in [-0.1, -0.05) is 19.1 Å². The standard InChI is InChI=1S/C20H26N2O2.C7H6O6S/c1-17-4-2-11-21(16-17)12-3-15-24-20-7-5-18(6-8-20)19-9-13-22(23)14-10-19;8-6-2-1-4(14(11,12)13)3-5(6)7(9)10/h5-10,13-14,17H,2-4,11-12,15-16H2,1H3;1-3,8H,(H,9,10)(H,11,12,13). The summed E-state index contributed by atoms with van der Waals surface area (Å²) in [7, 11) is -4.45. The summed E-state index contributed by atoms with van der Waals surface area (Å²) in [6.07, 6.45) is 6.80. The first-order valence-electron chi connectivity index (χ1n) is 12.2. The van der Waals surface area contributed by atoms with Gasteiger partial charge < -0.3 is 25.1 Å². The molecular formula is C27H32N2O8S. The molecule has 3 aromatic rings. The molecule has 4 rings (SSSR count). The molecule has 0 saturated carbocycles. The molecule has 1 saturated heterocycles. The zero-order valence-electron chi connectivity index (χ0n) is 21.1. The fourth-order valence-corrected chi connectivity index (χ4v) is 4.67. The minimum atomic E-state index is -4.45. The number of carboxylic acid groups (broad SMARTS) is 1. The maximum atomic E-state index is 11.1. The zero-order chi connectivity index (χ0) is 27.7. The van der Waals surface area contributed by atoms with Crippen LogP contribution in [-0.2, 0) is 10.1 Å². The molecule has 1 aromatic heterocycles. The zero-order valence-corrected chi connectivity index (χ0v) is 21.9. The molecule has 0 aliphatic carbocycles.